The minimum Gasteiger partial charge on any atom is -0.378 e. The molecule has 21 heavy (non-hydrogen) atoms. The highest BCUT2D eigenvalue weighted by Crippen LogP contribution is 2.20. The molecule has 0 aliphatic carbocycles. The van der Waals surface area contributed by atoms with Gasteiger partial charge in [0.15, 0.2) is 0 Å². The normalized spacial score (nSPS) is 15.0. The van der Waals surface area contributed by atoms with Crippen molar-refractivity contribution >= 4 is 33.4 Å². The zero-order valence-electron chi connectivity index (χ0n) is 11.8. The van der Waals surface area contributed by atoms with E-state index in [1.54, 1.807) is 0 Å². The topological polar surface area (TPSA) is 50.3 Å². The fourth-order valence-corrected chi connectivity index (χ4v) is 2.49. The Morgan fingerprint density at radius 2 is 1.86 bits per heavy atom. The second kappa shape index (κ2) is 6.41. The van der Waals surface area contributed by atoms with E-state index in [2.05, 4.69) is 36.1 Å². The first kappa shape index (κ1) is 14.3. The van der Waals surface area contributed by atoms with E-state index in [0.717, 1.165) is 48.0 Å². The van der Waals surface area contributed by atoms with Gasteiger partial charge in [-0.15, -0.1) is 0 Å². The summed E-state index contributed by atoms with van der Waals surface area (Å²) in [4.78, 5) is 11.3. The molecule has 0 bridgehead atoms. The van der Waals surface area contributed by atoms with Crippen LogP contribution in [0, 0.1) is 6.92 Å². The van der Waals surface area contributed by atoms with Crippen molar-refractivity contribution in [1.29, 1.82) is 0 Å². The van der Waals surface area contributed by atoms with Crippen LogP contribution in [0.2, 0.25) is 0 Å². The Bertz CT molecular complexity index is 612. The summed E-state index contributed by atoms with van der Waals surface area (Å²) >= 11 is 3.43. The SMILES string of the molecule is Cc1cc(N2CCOCC2)nc(Nc2ccc(Br)cc2)n1. The number of aromatic nitrogens is 2. The summed E-state index contributed by atoms with van der Waals surface area (Å²) in [6.07, 6.45) is 0. The van der Waals surface area contributed by atoms with Gasteiger partial charge in [-0.25, -0.2) is 4.98 Å². The molecule has 0 radical (unpaired) electrons. The quantitative estimate of drug-likeness (QED) is 0.923. The maximum atomic E-state index is 5.38. The molecular weight excluding hydrogens is 332 g/mol. The lowest BCUT2D eigenvalue weighted by Gasteiger charge is -2.28. The van der Waals surface area contributed by atoms with Crippen molar-refractivity contribution in [3.63, 3.8) is 0 Å². The van der Waals surface area contributed by atoms with Crippen molar-refractivity contribution in [2.24, 2.45) is 0 Å². The molecule has 1 aromatic heterocycles. The Morgan fingerprint density at radius 3 is 2.57 bits per heavy atom. The molecule has 0 saturated carbocycles. The molecule has 1 aliphatic heterocycles. The molecule has 0 atom stereocenters. The third kappa shape index (κ3) is 3.71. The molecule has 0 spiro atoms. The minimum atomic E-state index is 0.624. The van der Waals surface area contributed by atoms with E-state index in [1.165, 1.54) is 0 Å². The molecular formula is C15H17BrN4O. The number of morpholine rings is 1. The lowest BCUT2D eigenvalue weighted by Crippen LogP contribution is -2.36. The summed E-state index contributed by atoms with van der Waals surface area (Å²) in [5.74, 6) is 1.57. The van der Waals surface area contributed by atoms with Crippen LogP contribution in [-0.2, 0) is 4.74 Å². The second-order valence-corrected chi connectivity index (χ2v) is 5.84. The molecule has 1 fully saturated rings. The van der Waals surface area contributed by atoms with Crippen LogP contribution in [0.1, 0.15) is 5.69 Å². The summed E-state index contributed by atoms with van der Waals surface area (Å²) in [7, 11) is 0. The highest BCUT2D eigenvalue weighted by molar-refractivity contribution is 9.10. The lowest BCUT2D eigenvalue weighted by molar-refractivity contribution is 0.122. The van der Waals surface area contributed by atoms with Gasteiger partial charge in [0, 0.05) is 35.0 Å². The highest BCUT2D eigenvalue weighted by atomic mass is 79.9. The van der Waals surface area contributed by atoms with E-state index in [1.807, 2.05) is 37.3 Å². The smallest absolute Gasteiger partial charge is 0.229 e. The van der Waals surface area contributed by atoms with Crippen LogP contribution in [-0.4, -0.2) is 36.3 Å². The summed E-state index contributed by atoms with van der Waals surface area (Å²) < 4.78 is 6.43. The van der Waals surface area contributed by atoms with Crippen molar-refractivity contribution in [3.8, 4) is 0 Å². The van der Waals surface area contributed by atoms with Crippen LogP contribution in [0.3, 0.4) is 0 Å². The molecule has 2 aromatic rings. The van der Waals surface area contributed by atoms with E-state index >= 15 is 0 Å². The number of rotatable bonds is 3. The van der Waals surface area contributed by atoms with Crippen molar-refractivity contribution in [2.45, 2.75) is 6.92 Å². The molecule has 0 unspecified atom stereocenters. The molecule has 0 amide bonds. The molecule has 1 aromatic carbocycles. The van der Waals surface area contributed by atoms with Crippen molar-refractivity contribution in [3.05, 3.63) is 40.5 Å². The van der Waals surface area contributed by atoms with Crippen LogP contribution in [0.5, 0.6) is 0 Å². The summed E-state index contributed by atoms with van der Waals surface area (Å²) in [5.41, 5.74) is 1.92. The van der Waals surface area contributed by atoms with E-state index in [-0.39, 0.29) is 0 Å². The van der Waals surface area contributed by atoms with Gasteiger partial charge < -0.3 is 15.0 Å². The maximum Gasteiger partial charge on any atom is 0.229 e. The molecule has 1 saturated heterocycles. The number of halogens is 1. The number of benzene rings is 1. The summed E-state index contributed by atoms with van der Waals surface area (Å²) in [5, 5.41) is 3.25. The fraction of sp³-hybridized carbons (Fsp3) is 0.333. The zero-order valence-corrected chi connectivity index (χ0v) is 13.4. The first-order chi connectivity index (χ1) is 10.2. The van der Waals surface area contributed by atoms with E-state index < -0.39 is 0 Å². The van der Waals surface area contributed by atoms with Gasteiger partial charge in [0.25, 0.3) is 0 Å². The first-order valence-corrected chi connectivity index (χ1v) is 7.71. The van der Waals surface area contributed by atoms with Gasteiger partial charge in [-0.3, -0.25) is 0 Å². The zero-order chi connectivity index (χ0) is 14.7. The lowest BCUT2D eigenvalue weighted by atomic mass is 10.3. The number of hydrogen-bond donors (Lipinski definition) is 1. The predicted molar refractivity (Wildman–Crippen MR) is 87.2 cm³/mol. The molecule has 5 nitrogen and oxygen atoms in total. The third-order valence-corrected chi connectivity index (χ3v) is 3.80. The monoisotopic (exact) mass is 348 g/mol. The molecule has 6 heteroatoms. The molecule has 110 valence electrons. The Kier molecular flexibility index (Phi) is 4.36. The average Bonchev–Trinajstić information content (AvgIpc) is 2.50. The van der Waals surface area contributed by atoms with Crippen LogP contribution >= 0.6 is 15.9 Å². The standard InChI is InChI=1S/C15H17BrN4O/c1-11-10-14(20-6-8-21-9-7-20)19-15(17-11)18-13-4-2-12(16)3-5-13/h2-5,10H,6-9H2,1H3,(H,17,18,19). The molecule has 1 N–H and O–H groups in total. The van der Waals surface area contributed by atoms with Crippen LogP contribution in [0.25, 0.3) is 0 Å². The van der Waals surface area contributed by atoms with Crippen molar-refractivity contribution in [1.82, 2.24) is 9.97 Å². The number of aryl methyl sites for hydroxylation is 1. The van der Waals surface area contributed by atoms with E-state index in [9.17, 15) is 0 Å². The van der Waals surface area contributed by atoms with Crippen LogP contribution in [0.15, 0.2) is 34.8 Å². The minimum absolute atomic E-state index is 0.624. The number of nitrogens with zero attached hydrogens (tertiary/aromatic N) is 3. The molecule has 3 rings (SSSR count). The number of anilines is 3. The Balaban J connectivity index is 1.81. The first-order valence-electron chi connectivity index (χ1n) is 6.92. The van der Waals surface area contributed by atoms with Crippen LogP contribution < -0.4 is 10.2 Å². The molecule has 1 aliphatic rings. The van der Waals surface area contributed by atoms with E-state index in [0.29, 0.717) is 5.95 Å². The number of ether oxygens (including phenoxy) is 1. The fourth-order valence-electron chi connectivity index (χ4n) is 2.22. The van der Waals surface area contributed by atoms with Gasteiger partial charge in [0.1, 0.15) is 5.82 Å². The summed E-state index contributed by atoms with van der Waals surface area (Å²) in [6.45, 7) is 5.22. The molecule has 2 heterocycles. The third-order valence-electron chi connectivity index (χ3n) is 3.28. The van der Waals surface area contributed by atoms with Gasteiger partial charge in [-0.1, -0.05) is 15.9 Å². The van der Waals surface area contributed by atoms with Gasteiger partial charge in [0.05, 0.1) is 13.2 Å². The van der Waals surface area contributed by atoms with Crippen molar-refractivity contribution in [2.75, 3.05) is 36.5 Å². The van der Waals surface area contributed by atoms with Crippen LogP contribution in [0.4, 0.5) is 17.5 Å². The average molecular weight is 349 g/mol. The largest absolute Gasteiger partial charge is 0.378 e. The van der Waals surface area contributed by atoms with E-state index in [4.69, 9.17) is 4.74 Å². The van der Waals surface area contributed by atoms with Gasteiger partial charge in [0.2, 0.25) is 5.95 Å². The number of hydrogen-bond acceptors (Lipinski definition) is 5. The number of nitrogens with one attached hydrogen (secondary N) is 1. The summed E-state index contributed by atoms with van der Waals surface area (Å²) in [6, 6.07) is 9.97. The second-order valence-electron chi connectivity index (χ2n) is 4.92. The highest BCUT2D eigenvalue weighted by Gasteiger charge is 2.14. The maximum absolute atomic E-state index is 5.38. The predicted octanol–water partition coefficient (Wildman–Crippen LogP) is 3.13. The Hall–Kier alpha value is -1.66. The Labute approximate surface area is 132 Å². The Morgan fingerprint density at radius 1 is 1.14 bits per heavy atom. The van der Waals surface area contributed by atoms with Crippen molar-refractivity contribution < 1.29 is 4.74 Å². The van der Waals surface area contributed by atoms with Gasteiger partial charge >= 0.3 is 0 Å². The van der Waals surface area contributed by atoms with Gasteiger partial charge in [-0.2, -0.15) is 4.98 Å². The van der Waals surface area contributed by atoms with Gasteiger partial charge in [-0.05, 0) is 31.2 Å².